The number of benzene rings is 2. The van der Waals surface area contributed by atoms with Gasteiger partial charge in [-0.25, -0.2) is 0 Å². The van der Waals surface area contributed by atoms with Gasteiger partial charge in [0.1, 0.15) is 0 Å². The van der Waals surface area contributed by atoms with E-state index in [1.54, 1.807) is 18.2 Å². The van der Waals surface area contributed by atoms with Crippen molar-refractivity contribution < 1.29 is 24.8 Å². The van der Waals surface area contributed by atoms with Crippen LogP contribution in [0.5, 0.6) is 23.0 Å². The van der Waals surface area contributed by atoms with Gasteiger partial charge in [0, 0.05) is 20.8 Å². The van der Waals surface area contributed by atoms with Crippen LogP contribution in [0.2, 0.25) is 0 Å². The molecule has 2 rings (SSSR count). The molecule has 0 radical (unpaired) electrons. The van der Waals surface area contributed by atoms with Crippen LogP contribution in [-0.2, 0) is 13.1 Å². The van der Waals surface area contributed by atoms with E-state index in [4.69, 9.17) is 4.74 Å². The van der Waals surface area contributed by atoms with Crippen LogP contribution in [0.15, 0.2) is 36.4 Å². The summed E-state index contributed by atoms with van der Waals surface area (Å²) in [7, 11) is 1.44. The summed E-state index contributed by atoms with van der Waals surface area (Å²) in [5.74, 6) is -0.156. The quantitative estimate of drug-likeness (QED) is 0.580. The van der Waals surface area contributed by atoms with E-state index in [0.717, 1.165) is 4.76 Å². The van der Waals surface area contributed by atoms with E-state index in [1.807, 2.05) is 0 Å². The fourth-order valence-electron chi connectivity index (χ4n) is 1.95. The van der Waals surface area contributed by atoms with Crippen LogP contribution in [0.3, 0.4) is 0 Å². The van der Waals surface area contributed by atoms with E-state index in [0.29, 0.717) is 16.9 Å². The maximum absolute atomic E-state index is 11.9. The summed E-state index contributed by atoms with van der Waals surface area (Å²) in [6.07, 6.45) is 0. The number of hydrogen-bond donors (Lipinski definition) is 3. The van der Waals surface area contributed by atoms with Crippen LogP contribution in [0.25, 0.3) is 0 Å². The van der Waals surface area contributed by atoms with Crippen molar-refractivity contribution in [3.05, 3.63) is 52.4 Å². The summed E-state index contributed by atoms with van der Waals surface area (Å²) < 4.78 is 5.79. The molecule has 0 saturated heterocycles. The molecule has 0 bridgehead atoms. The second-order valence-corrected chi connectivity index (χ2v) is 4.63. The van der Waals surface area contributed by atoms with Crippen LogP contribution >= 0.6 is 0 Å². The number of hydrogen-bond acceptors (Lipinski definition) is 5. The highest BCUT2D eigenvalue weighted by molar-refractivity contribution is 5.41. The standard InChI is InChI=1S/C15H15NO5/c1-21-15-7-11(3-5-13(15)18)9-16(20)8-10-2-4-12(17)14(19)6-10/h2-7H,8-9H2,1H3,(H2-,17,18,19)/p+1. The summed E-state index contributed by atoms with van der Waals surface area (Å²) in [5.41, 5.74) is 1.29. The van der Waals surface area contributed by atoms with Gasteiger partial charge in [0.05, 0.1) is 7.11 Å². The van der Waals surface area contributed by atoms with Crippen molar-refractivity contribution in [2.24, 2.45) is 0 Å². The average molecular weight is 290 g/mol. The van der Waals surface area contributed by atoms with Crippen LogP contribution in [-0.4, -0.2) is 27.2 Å². The second-order valence-electron chi connectivity index (χ2n) is 4.63. The average Bonchev–Trinajstić information content (AvgIpc) is 2.45. The topological polar surface area (TPSA) is 90.0 Å². The molecule has 0 saturated carbocycles. The maximum Gasteiger partial charge on any atom is 0.217 e. The summed E-state index contributed by atoms with van der Waals surface area (Å²) in [4.78, 5) is 11.9. The lowest BCUT2D eigenvalue weighted by Crippen LogP contribution is -2.07. The van der Waals surface area contributed by atoms with E-state index >= 15 is 0 Å². The fraction of sp³-hybridized carbons (Fsp3) is 0.200. The molecule has 0 heterocycles. The molecule has 6 heteroatoms. The fourth-order valence-corrected chi connectivity index (χ4v) is 1.95. The lowest BCUT2D eigenvalue weighted by Gasteiger charge is -2.04. The van der Waals surface area contributed by atoms with Gasteiger partial charge >= 0.3 is 0 Å². The SMILES string of the molecule is COc1cc(C[N+](=O)Cc2ccc(O)c(O)c2)ccc1O. The van der Waals surface area contributed by atoms with Gasteiger partial charge in [0.2, 0.25) is 13.1 Å². The summed E-state index contributed by atoms with van der Waals surface area (Å²) in [5, 5.41) is 28.1. The molecular weight excluding hydrogens is 274 g/mol. The number of methoxy groups -OCH3 is 1. The first-order valence-corrected chi connectivity index (χ1v) is 6.28. The first-order valence-electron chi connectivity index (χ1n) is 6.28. The van der Waals surface area contributed by atoms with Crippen LogP contribution < -0.4 is 4.74 Å². The minimum Gasteiger partial charge on any atom is -0.504 e. The van der Waals surface area contributed by atoms with Crippen molar-refractivity contribution in [2.45, 2.75) is 13.1 Å². The van der Waals surface area contributed by atoms with Gasteiger partial charge in [0.25, 0.3) is 0 Å². The minimum atomic E-state index is -0.257. The van der Waals surface area contributed by atoms with Crippen molar-refractivity contribution >= 4 is 0 Å². The second kappa shape index (κ2) is 6.13. The smallest absolute Gasteiger partial charge is 0.217 e. The van der Waals surface area contributed by atoms with Gasteiger partial charge in [-0.1, -0.05) is 0 Å². The Balaban J connectivity index is 2.06. The first kappa shape index (κ1) is 14.6. The maximum atomic E-state index is 11.9. The van der Waals surface area contributed by atoms with Crippen molar-refractivity contribution in [3.8, 4) is 23.0 Å². The Morgan fingerprint density at radius 1 is 0.905 bits per heavy atom. The van der Waals surface area contributed by atoms with Crippen molar-refractivity contribution in [2.75, 3.05) is 7.11 Å². The Bertz CT molecular complexity index is 669. The van der Waals surface area contributed by atoms with Crippen LogP contribution in [0, 0.1) is 4.91 Å². The molecule has 0 aliphatic rings. The van der Waals surface area contributed by atoms with E-state index in [1.165, 1.54) is 25.3 Å². The molecule has 0 aliphatic heterocycles. The number of nitroso groups, excluding NO2 is 1. The monoisotopic (exact) mass is 290 g/mol. The summed E-state index contributed by atoms with van der Waals surface area (Å²) in [6.45, 7) is 0.176. The van der Waals surface area contributed by atoms with Crippen molar-refractivity contribution in [1.29, 1.82) is 0 Å². The van der Waals surface area contributed by atoms with E-state index < -0.39 is 0 Å². The molecule has 0 aromatic heterocycles. The zero-order valence-corrected chi connectivity index (χ0v) is 11.5. The van der Waals surface area contributed by atoms with E-state index in [-0.39, 0.29) is 30.3 Å². The summed E-state index contributed by atoms with van der Waals surface area (Å²) >= 11 is 0. The molecule has 0 atom stereocenters. The zero-order valence-electron chi connectivity index (χ0n) is 11.5. The Labute approximate surface area is 121 Å². The third kappa shape index (κ3) is 3.62. The third-order valence-corrected chi connectivity index (χ3v) is 3.00. The number of phenols is 3. The molecule has 0 unspecified atom stereocenters. The Morgan fingerprint density at radius 3 is 2.05 bits per heavy atom. The largest absolute Gasteiger partial charge is 0.504 e. The molecule has 21 heavy (non-hydrogen) atoms. The molecule has 0 amide bonds. The predicted octanol–water partition coefficient (Wildman–Crippen LogP) is 2.29. The lowest BCUT2D eigenvalue weighted by atomic mass is 10.1. The number of rotatable bonds is 5. The number of phenolic OH excluding ortho intramolecular Hbond substituents is 3. The lowest BCUT2D eigenvalue weighted by molar-refractivity contribution is -0.580. The molecule has 3 N–H and O–H groups in total. The molecule has 0 aliphatic carbocycles. The van der Waals surface area contributed by atoms with Gasteiger partial charge in [0.15, 0.2) is 23.0 Å². The molecule has 110 valence electrons. The van der Waals surface area contributed by atoms with Crippen LogP contribution in [0.4, 0.5) is 0 Å². The van der Waals surface area contributed by atoms with Gasteiger partial charge in [-0.3, -0.25) is 0 Å². The number of nitrogens with zero attached hydrogens (tertiary/aromatic N) is 1. The molecule has 2 aromatic carbocycles. The highest BCUT2D eigenvalue weighted by Crippen LogP contribution is 2.27. The Hall–Kier alpha value is -2.76. The van der Waals surface area contributed by atoms with E-state index in [2.05, 4.69) is 0 Å². The predicted molar refractivity (Wildman–Crippen MR) is 75.5 cm³/mol. The Kier molecular flexibility index (Phi) is 4.27. The number of ether oxygens (including phenoxy) is 1. The molecule has 0 spiro atoms. The number of aromatic hydroxyl groups is 3. The van der Waals surface area contributed by atoms with E-state index in [9.17, 15) is 20.2 Å². The van der Waals surface area contributed by atoms with Crippen molar-refractivity contribution in [1.82, 2.24) is 0 Å². The Morgan fingerprint density at radius 2 is 1.48 bits per heavy atom. The first-order chi connectivity index (χ1) is 9.99. The third-order valence-electron chi connectivity index (χ3n) is 3.00. The van der Waals surface area contributed by atoms with Gasteiger partial charge in [-0.15, -0.1) is 0 Å². The molecular formula is C15H16NO5+. The van der Waals surface area contributed by atoms with Gasteiger partial charge in [-0.05, 0) is 36.4 Å². The highest BCUT2D eigenvalue weighted by Gasteiger charge is 2.14. The minimum absolute atomic E-state index is 0.0159. The molecule has 0 fully saturated rings. The normalized spacial score (nSPS) is 10.3. The highest BCUT2D eigenvalue weighted by atomic mass is 16.5. The van der Waals surface area contributed by atoms with Gasteiger partial charge < -0.3 is 20.1 Å². The van der Waals surface area contributed by atoms with Gasteiger partial charge in [-0.2, -0.15) is 0 Å². The molecule has 2 aromatic rings. The zero-order chi connectivity index (χ0) is 15.4. The van der Waals surface area contributed by atoms with Crippen LogP contribution in [0.1, 0.15) is 11.1 Å². The van der Waals surface area contributed by atoms with Crippen molar-refractivity contribution in [3.63, 3.8) is 0 Å². The molecule has 6 nitrogen and oxygen atoms in total. The summed E-state index contributed by atoms with van der Waals surface area (Å²) in [6, 6.07) is 8.94.